The number of nitrogens with zero attached hydrogens (tertiary/aromatic N) is 6. The highest BCUT2D eigenvalue weighted by atomic mass is 16.5. The van der Waals surface area contributed by atoms with Crippen LogP contribution in [0.15, 0.2) is 51.6 Å². The molecular formula is C19H16N6O2. The van der Waals surface area contributed by atoms with Crippen molar-refractivity contribution in [2.75, 3.05) is 6.61 Å². The molecule has 1 aliphatic rings. The van der Waals surface area contributed by atoms with Gasteiger partial charge in [0.1, 0.15) is 12.4 Å². The second-order valence-electron chi connectivity index (χ2n) is 6.52. The summed E-state index contributed by atoms with van der Waals surface area (Å²) in [6.07, 6.45) is 3.97. The first-order valence-electron chi connectivity index (χ1n) is 8.64. The fraction of sp³-hybridized carbons (Fsp3) is 0.211. The number of fused-ring (bicyclic) bond motifs is 3. The molecule has 27 heavy (non-hydrogen) atoms. The molecule has 4 heterocycles. The van der Waals surface area contributed by atoms with Crippen LogP contribution in [-0.4, -0.2) is 37.8 Å². The van der Waals surface area contributed by atoms with Crippen LogP contribution < -0.4 is 4.74 Å². The van der Waals surface area contributed by atoms with E-state index in [-0.39, 0.29) is 0 Å². The van der Waals surface area contributed by atoms with Crippen molar-refractivity contribution in [2.24, 2.45) is 10.9 Å². The zero-order valence-corrected chi connectivity index (χ0v) is 14.8. The van der Waals surface area contributed by atoms with Crippen LogP contribution in [-0.2, 0) is 0 Å². The van der Waals surface area contributed by atoms with Crippen LogP contribution in [0.5, 0.6) is 5.88 Å². The first kappa shape index (κ1) is 15.7. The summed E-state index contributed by atoms with van der Waals surface area (Å²) < 4.78 is 12.8. The molecule has 0 amide bonds. The minimum Gasteiger partial charge on any atom is -0.470 e. The Hall–Kier alpha value is -3.55. The third-order valence-corrected chi connectivity index (χ3v) is 4.37. The van der Waals surface area contributed by atoms with Crippen LogP contribution in [0.4, 0.5) is 0 Å². The van der Waals surface area contributed by atoms with E-state index in [2.05, 4.69) is 38.4 Å². The van der Waals surface area contributed by atoms with Crippen LogP contribution in [0, 0.1) is 12.8 Å². The number of aryl methyl sites for hydroxylation is 1. The fourth-order valence-corrected chi connectivity index (χ4v) is 3.12. The van der Waals surface area contributed by atoms with Crippen LogP contribution in [0.2, 0.25) is 0 Å². The maximum Gasteiger partial charge on any atom is 0.240 e. The number of benzene rings is 1. The number of aromatic nitrogens is 5. The molecule has 1 aliphatic heterocycles. The van der Waals surface area contributed by atoms with Gasteiger partial charge in [0.2, 0.25) is 11.7 Å². The van der Waals surface area contributed by atoms with Gasteiger partial charge in [0.25, 0.3) is 0 Å². The quantitative estimate of drug-likeness (QED) is 0.555. The normalized spacial score (nSPS) is 16.4. The van der Waals surface area contributed by atoms with E-state index in [1.54, 1.807) is 10.6 Å². The molecule has 8 nitrogen and oxygen atoms in total. The third kappa shape index (κ3) is 2.66. The van der Waals surface area contributed by atoms with Gasteiger partial charge in [-0.2, -0.15) is 4.52 Å². The summed E-state index contributed by atoms with van der Waals surface area (Å²) >= 11 is 0. The van der Waals surface area contributed by atoms with Crippen molar-refractivity contribution >= 4 is 22.6 Å². The Morgan fingerprint density at radius 3 is 2.78 bits per heavy atom. The highest BCUT2D eigenvalue weighted by molar-refractivity contribution is 5.97. The summed E-state index contributed by atoms with van der Waals surface area (Å²) in [4.78, 5) is 4.36. The van der Waals surface area contributed by atoms with E-state index in [4.69, 9.17) is 9.26 Å². The van der Waals surface area contributed by atoms with Gasteiger partial charge in [-0.1, -0.05) is 36.4 Å². The predicted molar refractivity (Wildman–Crippen MR) is 99.8 cm³/mol. The van der Waals surface area contributed by atoms with Crippen molar-refractivity contribution < 1.29 is 9.26 Å². The first-order valence-corrected chi connectivity index (χ1v) is 8.64. The van der Waals surface area contributed by atoms with Crippen molar-refractivity contribution in [3.05, 3.63) is 47.9 Å². The van der Waals surface area contributed by atoms with Crippen molar-refractivity contribution in [3.63, 3.8) is 0 Å². The standard InChI is InChI=1S/C19H16N6O2/c1-11-7-13(20-9-11)10-26-19-15-6-4-3-5-14(15)17-21-22-18(25(17)23-19)16-8-12(2)27-24-16/h3-9,11H,10H2,1-2H3. The molecule has 0 saturated heterocycles. The molecule has 134 valence electrons. The van der Waals surface area contributed by atoms with Gasteiger partial charge in [0.15, 0.2) is 11.3 Å². The Labute approximate surface area is 154 Å². The van der Waals surface area contributed by atoms with Crippen LogP contribution in [0.1, 0.15) is 12.7 Å². The highest BCUT2D eigenvalue weighted by Gasteiger charge is 2.18. The predicted octanol–water partition coefficient (Wildman–Crippen LogP) is 3.22. The molecule has 0 fully saturated rings. The summed E-state index contributed by atoms with van der Waals surface area (Å²) in [5, 5.41) is 19.0. The summed E-state index contributed by atoms with van der Waals surface area (Å²) in [6.45, 7) is 4.26. The zero-order chi connectivity index (χ0) is 18.4. The molecule has 0 aliphatic carbocycles. The van der Waals surface area contributed by atoms with Crippen molar-refractivity contribution in [1.29, 1.82) is 0 Å². The SMILES string of the molecule is Cc1cc(-c2nnc3c4ccccc4c(OCC4=CC(C)C=N4)nn23)no1. The van der Waals surface area contributed by atoms with Gasteiger partial charge < -0.3 is 9.26 Å². The molecule has 0 spiro atoms. The minimum absolute atomic E-state index is 0.329. The van der Waals surface area contributed by atoms with E-state index in [0.717, 1.165) is 16.5 Å². The molecule has 0 N–H and O–H groups in total. The number of rotatable bonds is 4. The van der Waals surface area contributed by atoms with E-state index >= 15 is 0 Å². The largest absolute Gasteiger partial charge is 0.470 e. The Morgan fingerprint density at radius 2 is 2.04 bits per heavy atom. The van der Waals surface area contributed by atoms with Gasteiger partial charge in [-0.25, -0.2) is 0 Å². The maximum atomic E-state index is 6.01. The lowest BCUT2D eigenvalue weighted by atomic mass is 10.2. The minimum atomic E-state index is 0.329. The Morgan fingerprint density at radius 1 is 1.19 bits per heavy atom. The van der Waals surface area contributed by atoms with E-state index in [1.807, 2.05) is 37.4 Å². The van der Waals surface area contributed by atoms with Gasteiger partial charge in [0, 0.05) is 29.0 Å². The Kier molecular flexibility index (Phi) is 3.49. The summed E-state index contributed by atoms with van der Waals surface area (Å²) in [5.41, 5.74) is 2.11. The summed E-state index contributed by atoms with van der Waals surface area (Å²) in [7, 11) is 0. The molecule has 1 aromatic carbocycles. The molecular weight excluding hydrogens is 344 g/mol. The molecule has 3 aromatic heterocycles. The number of allylic oxidation sites excluding steroid dienone is 1. The Bertz CT molecular complexity index is 1220. The topological polar surface area (TPSA) is 90.7 Å². The fourth-order valence-electron chi connectivity index (χ4n) is 3.12. The summed E-state index contributed by atoms with van der Waals surface area (Å²) in [5.74, 6) is 2.02. The molecule has 1 unspecified atom stereocenters. The smallest absolute Gasteiger partial charge is 0.240 e. The average molecular weight is 360 g/mol. The van der Waals surface area contributed by atoms with Gasteiger partial charge in [-0.15, -0.1) is 15.3 Å². The zero-order valence-electron chi connectivity index (χ0n) is 14.8. The van der Waals surface area contributed by atoms with Gasteiger partial charge >= 0.3 is 0 Å². The monoisotopic (exact) mass is 360 g/mol. The molecule has 1 atom stereocenters. The lowest BCUT2D eigenvalue weighted by molar-refractivity contribution is 0.336. The average Bonchev–Trinajstić information content (AvgIpc) is 3.39. The lowest BCUT2D eigenvalue weighted by Gasteiger charge is -2.09. The first-order chi connectivity index (χ1) is 13.2. The van der Waals surface area contributed by atoms with Gasteiger partial charge in [0.05, 0.1) is 5.70 Å². The molecule has 0 saturated carbocycles. The van der Waals surface area contributed by atoms with Crippen molar-refractivity contribution in [1.82, 2.24) is 25.0 Å². The number of aliphatic imine (C=N–C) groups is 1. The maximum absolute atomic E-state index is 6.01. The molecule has 4 aromatic rings. The second-order valence-corrected chi connectivity index (χ2v) is 6.52. The second kappa shape index (κ2) is 6.01. The van der Waals surface area contributed by atoms with Crippen LogP contribution in [0.3, 0.4) is 0 Å². The van der Waals surface area contributed by atoms with Crippen LogP contribution >= 0.6 is 0 Å². The Balaban J connectivity index is 1.64. The summed E-state index contributed by atoms with van der Waals surface area (Å²) in [6, 6.07) is 9.63. The number of hydrogen-bond acceptors (Lipinski definition) is 7. The van der Waals surface area contributed by atoms with Crippen LogP contribution in [0.25, 0.3) is 27.9 Å². The number of ether oxygens (including phenoxy) is 1. The van der Waals surface area contributed by atoms with E-state index in [9.17, 15) is 0 Å². The molecule has 0 bridgehead atoms. The highest BCUT2D eigenvalue weighted by Crippen LogP contribution is 2.29. The molecule has 5 rings (SSSR count). The van der Waals surface area contributed by atoms with Gasteiger partial charge in [-0.3, -0.25) is 4.99 Å². The van der Waals surface area contributed by atoms with Crippen molar-refractivity contribution in [2.45, 2.75) is 13.8 Å². The van der Waals surface area contributed by atoms with E-state index in [1.165, 1.54) is 0 Å². The van der Waals surface area contributed by atoms with Gasteiger partial charge in [-0.05, 0) is 13.0 Å². The lowest BCUT2D eigenvalue weighted by Crippen LogP contribution is -2.05. The molecule has 8 heteroatoms. The van der Waals surface area contributed by atoms with E-state index < -0.39 is 0 Å². The van der Waals surface area contributed by atoms with Crippen molar-refractivity contribution in [3.8, 4) is 17.4 Å². The number of hydrogen-bond donors (Lipinski definition) is 0. The third-order valence-electron chi connectivity index (χ3n) is 4.37. The molecule has 0 radical (unpaired) electrons. The van der Waals surface area contributed by atoms with E-state index in [0.29, 0.717) is 41.3 Å².